The van der Waals surface area contributed by atoms with E-state index < -0.39 is 5.82 Å². The molecular formula is C21H19FN6OS. The molecule has 9 heteroatoms. The Morgan fingerprint density at radius 1 is 1.30 bits per heavy atom. The molecule has 4 aromatic rings. The Kier molecular flexibility index (Phi) is 5.12. The minimum Gasteiger partial charge on any atom is -0.489 e. The van der Waals surface area contributed by atoms with Crippen LogP contribution >= 0.6 is 11.3 Å². The second-order valence-corrected chi connectivity index (χ2v) is 7.86. The minimum atomic E-state index is -0.524. The van der Waals surface area contributed by atoms with E-state index in [4.69, 9.17) is 4.74 Å². The van der Waals surface area contributed by atoms with Gasteiger partial charge in [-0.15, -0.1) is 11.3 Å². The van der Waals surface area contributed by atoms with Gasteiger partial charge in [-0.05, 0) is 42.1 Å². The molecule has 30 heavy (non-hydrogen) atoms. The summed E-state index contributed by atoms with van der Waals surface area (Å²) >= 11 is 1.66. The maximum atomic E-state index is 14.2. The van der Waals surface area contributed by atoms with E-state index in [0.717, 1.165) is 47.6 Å². The highest BCUT2D eigenvalue weighted by atomic mass is 32.1. The highest BCUT2D eigenvalue weighted by molar-refractivity contribution is 7.13. The molecule has 1 unspecified atom stereocenters. The lowest BCUT2D eigenvalue weighted by Crippen LogP contribution is -2.19. The van der Waals surface area contributed by atoms with Gasteiger partial charge in [0.25, 0.3) is 0 Å². The van der Waals surface area contributed by atoms with Gasteiger partial charge in [0.15, 0.2) is 11.6 Å². The molecule has 0 bridgehead atoms. The van der Waals surface area contributed by atoms with E-state index in [2.05, 4.69) is 31.7 Å². The summed E-state index contributed by atoms with van der Waals surface area (Å²) in [5, 5.41) is 8.54. The lowest BCUT2D eigenvalue weighted by Gasteiger charge is -2.15. The van der Waals surface area contributed by atoms with Crippen molar-refractivity contribution in [1.29, 1.82) is 0 Å². The molecule has 1 aliphatic heterocycles. The smallest absolute Gasteiger partial charge is 0.229 e. The quantitative estimate of drug-likeness (QED) is 0.489. The predicted molar refractivity (Wildman–Crippen MR) is 114 cm³/mol. The van der Waals surface area contributed by atoms with Crippen molar-refractivity contribution in [3.63, 3.8) is 0 Å². The second-order valence-electron chi connectivity index (χ2n) is 6.92. The molecular weight excluding hydrogens is 403 g/mol. The predicted octanol–water partition coefficient (Wildman–Crippen LogP) is 4.01. The maximum absolute atomic E-state index is 14.2. The lowest BCUT2D eigenvalue weighted by molar-refractivity contribution is 0.223. The van der Waals surface area contributed by atoms with Crippen LogP contribution in [0.1, 0.15) is 6.42 Å². The number of nitrogens with zero attached hydrogens (tertiary/aromatic N) is 4. The first-order valence-corrected chi connectivity index (χ1v) is 10.5. The van der Waals surface area contributed by atoms with Crippen molar-refractivity contribution in [2.24, 2.45) is 0 Å². The van der Waals surface area contributed by atoms with Crippen molar-refractivity contribution in [2.45, 2.75) is 12.5 Å². The number of thiophene rings is 1. The Bertz CT molecular complexity index is 1130. The zero-order valence-electron chi connectivity index (χ0n) is 16.0. The summed E-state index contributed by atoms with van der Waals surface area (Å²) < 4.78 is 21.9. The minimum absolute atomic E-state index is 0.132. The SMILES string of the molecule is Fc1cnc(Nc2cc(OC3CCNC3)cc(-c3cccs3)c2)nc1-n1ccnc1. The molecule has 0 amide bonds. The van der Waals surface area contributed by atoms with Crippen LogP contribution in [0.4, 0.5) is 16.0 Å². The molecule has 0 radical (unpaired) electrons. The molecule has 1 aliphatic rings. The first kappa shape index (κ1) is 18.7. The Morgan fingerprint density at radius 3 is 3.03 bits per heavy atom. The third-order valence-corrected chi connectivity index (χ3v) is 5.68. The fourth-order valence-corrected chi connectivity index (χ4v) is 4.07. The summed E-state index contributed by atoms with van der Waals surface area (Å²) in [5.74, 6) is 0.669. The first-order chi connectivity index (χ1) is 14.7. The molecule has 5 rings (SSSR count). The lowest BCUT2D eigenvalue weighted by atomic mass is 10.1. The third-order valence-electron chi connectivity index (χ3n) is 4.76. The van der Waals surface area contributed by atoms with Gasteiger partial charge < -0.3 is 15.4 Å². The molecule has 7 nitrogen and oxygen atoms in total. The van der Waals surface area contributed by atoms with Crippen LogP contribution in [-0.2, 0) is 0 Å². The molecule has 1 fully saturated rings. The Morgan fingerprint density at radius 2 is 2.27 bits per heavy atom. The van der Waals surface area contributed by atoms with E-state index in [0.29, 0.717) is 0 Å². The molecule has 0 spiro atoms. The van der Waals surface area contributed by atoms with Crippen LogP contribution < -0.4 is 15.4 Å². The van der Waals surface area contributed by atoms with E-state index in [1.807, 2.05) is 29.6 Å². The molecule has 1 saturated heterocycles. The number of rotatable bonds is 6. The number of hydrogen-bond acceptors (Lipinski definition) is 7. The van der Waals surface area contributed by atoms with Crippen molar-refractivity contribution < 1.29 is 9.13 Å². The van der Waals surface area contributed by atoms with E-state index >= 15 is 0 Å². The van der Waals surface area contributed by atoms with Gasteiger partial charge in [0.2, 0.25) is 5.95 Å². The summed E-state index contributed by atoms with van der Waals surface area (Å²) in [6, 6.07) is 10.0. The normalized spacial score (nSPS) is 16.0. The van der Waals surface area contributed by atoms with Crippen molar-refractivity contribution in [3.05, 3.63) is 66.4 Å². The average Bonchev–Trinajstić information content (AvgIpc) is 3.52. The van der Waals surface area contributed by atoms with Gasteiger partial charge in [0, 0.05) is 35.6 Å². The second kappa shape index (κ2) is 8.21. The molecule has 0 saturated carbocycles. The van der Waals surface area contributed by atoms with Gasteiger partial charge in [-0.25, -0.2) is 14.4 Å². The first-order valence-electron chi connectivity index (χ1n) is 9.59. The molecule has 2 N–H and O–H groups in total. The van der Waals surface area contributed by atoms with Gasteiger partial charge in [-0.3, -0.25) is 4.57 Å². The fourth-order valence-electron chi connectivity index (χ4n) is 3.36. The largest absolute Gasteiger partial charge is 0.489 e. The molecule has 1 aromatic carbocycles. The Balaban J connectivity index is 1.47. The Labute approximate surface area is 176 Å². The van der Waals surface area contributed by atoms with Gasteiger partial charge in [-0.1, -0.05) is 6.07 Å². The van der Waals surface area contributed by atoms with Crippen LogP contribution in [0.25, 0.3) is 16.3 Å². The Hall–Kier alpha value is -3.30. The van der Waals surface area contributed by atoms with Crippen LogP contribution in [0.3, 0.4) is 0 Å². The monoisotopic (exact) mass is 422 g/mol. The number of halogens is 1. The third kappa shape index (κ3) is 4.03. The summed E-state index contributed by atoms with van der Waals surface area (Å²) in [4.78, 5) is 13.5. The number of benzene rings is 1. The highest BCUT2D eigenvalue weighted by Gasteiger charge is 2.17. The fraction of sp³-hybridized carbons (Fsp3) is 0.190. The summed E-state index contributed by atoms with van der Waals surface area (Å²) in [7, 11) is 0. The van der Waals surface area contributed by atoms with Gasteiger partial charge in [-0.2, -0.15) is 4.98 Å². The van der Waals surface area contributed by atoms with Crippen molar-refractivity contribution in [2.75, 3.05) is 18.4 Å². The summed E-state index contributed by atoms with van der Waals surface area (Å²) in [6.07, 6.45) is 6.96. The molecule has 4 heterocycles. The number of imidazole rings is 1. The molecule has 1 atom stereocenters. The van der Waals surface area contributed by atoms with E-state index in [1.165, 1.54) is 10.9 Å². The van der Waals surface area contributed by atoms with E-state index in [9.17, 15) is 4.39 Å². The van der Waals surface area contributed by atoms with Crippen LogP contribution in [-0.4, -0.2) is 38.7 Å². The van der Waals surface area contributed by atoms with E-state index in [-0.39, 0.29) is 17.9 Å². The van der Waals surface area contributed by atoms with Crippen molar-refractivity contribution in [1.82, 2.24) is 24.8 Å². The van der Waals surface area contributed by atoms with Gasteiger partial charge in [0.1, 0.15) is 18.2 Å². The number of anilines is 2. The number of ether oxygens (including phenoxy) is 1. The van der Waals surface area contributed by atoms with Crippen LogP contribution in [0.2, 0.25) is 0 Å². The molecule has 152 valence electrons. The van der Waals surface area contributed by atoms with E-state index in [1.54, 1.807) is 23.7 Å². The van der Waals surface area contributed by atoms with Crippen molar-refractivity contribution >= 4 is 23.0 Å². The van der Waals surface area contributed by atoms with Gasteiger partial charge in [0.05, 0.1) is 6.20 Å². The summed E-state index contributed by atoms with van der Waals surface area (Å²) in [5.41, 5.74) is 1.80. The van der Waals surface area contributed by atoms with Crippen molar-refractivity contribution in [3.8, 4) is 22.0 Å². The molecule has 0 aliphatic carbocycles. The average molecular weight is 422 g/mol. The summed E-state index contributed by atoms with van der Waals surface area (Å²) in [6.45, 7) is 1.79. The maximum Gasteiger partial charge on any atom is 0.229 e. The van der Waals surface area contributed by atoms with Crippen LogP contribution in [0.15, 0.2) is 60.6 Å². The number of hydrogen-bond donors (Lipinski definition) is 2. The number of nitrogens with one attached hydrogen (secondary N) is 2. The van der Waals surface area contributed by atoms with Crippen LogP contribution in [0.5, 0.6) is 5.75 Å². The standard InChI is InChI=1S/C21H19FN6OS/c22-18-12-25-21(27-20(18)28-6-5-24-13-28)26-15-8-14(19-2-1-7-30-19)9-17(10-15)29-16-3-4-23-11-16/h1-2,5-10,12-13,16,23H,3-4,11H2,(H,25,26,27). The van der Waals surface area contributed by atoms with Gasteiger partial charge >= 0.3 is 0 Å². The zero-order chi connectivity index (χ0) is 20.3. The van der Waals surface area contributed by atoms with Crippen LogP contribution in [0, 0.1) is 5.82 Å². The zero-order valence-corrected chi connectivity index (χ0v) is 16.8. The molecule has 3 aromatic heterocycles. The number of aromatic nitrogens is 4. The highest BCUT2D eigenvalue weighted by Crippen LogP contribution is 2.33. The topological polar surface area (TPSA) is 76.9 Å².